The van der Waals surface area contributed by atoms with Gasteiger partial charge in [-0.3, -0.25) is 14.6 Å². The van der Waals surface area contributed by atoms with E-state index in [9.17, 15) is 9.59 Å². The van der Waals surface area contributed by atoms with Gasteiger partial charge in [-0.25, -0.2) is 4.98 Å². The van der Waals surface area contributed by atoms with E-state index in [0.29, 0.717) is 5.69 Å². The lowest BCUT2D eigenvalue weighted by atomic mass is 9.90. The zero-order chi connectivity index (χ0) is 21.6. The number of amides is 2. The zero-order valence-corrected chi connectivity index (χ0v) is 16.8. The Bertz CT molecular complexity index is 1160. The minimum Gasteiger partial charge on any atom is -0.368 e. The van der Waals surface area contributed by atoms with Gasteiger partial charge in [-0.15, -0.1) is 0 Å². The number of benzene rings is 3. The van der Waals surface area contributed by atoms with Crippen LogP contribution in [0.1, 0.15) is 22.7 Å². The van der Waals surface area contributed by atoms with E-state index in [1.807, 2.05) is 84.9 Å². The van der Waals surface area contributed by atoms with Gasteiger partial charge in [0, 0.05) is 12.6 Å². The molecule has 2 amide bonds. The van der Waals surface area contributed by atoms with E-state index >= 15 is 0 Å². The molecule has 0 aliphatic rings. The summed E-state index contributed by atoms with van der Waals surface area (Å²) in [6.45, 7) is 0. The fourth-order valence-corrected chi connectivity index (χ4v) is 3.57. The normalized spacial score (nSPS) is 11.9. The van der Waals surface area contributed by atoms with Gasteiger partial charge in [0.05, 0.1) is 22.6 Å². The zero-order valence-electron chi connectivity index (χ0n) is 16.8. The smallest absolute Gasteiger partial charge is 0.240 e. The van der Waals surface area contributed by atoms with Crippen molar-refractivity contribution in [1.82, 2.24) is 15.3 Å². The first-order valence-corrected chi connectivity index (χ1v) is 10.0. The fraction of sp³-hybridized carbons (Fsp3) is 0.120. The van der Waals surface area contributed by atoms with Crippen LogP contribution in [0.3, 0.4) is 0 Å². The van der Waals surface area contributed by atoms with Gasteiger partial charge in [-0.1, -0.05) is 72.8 Å². The second kappa shape index (κ2) is 9.17. The van der Waals surface area contributed by atoms with Gasteiger partial charge in [0.2, 0.25) is 11.8 Å². The highest BCUT2D eigenvalue weighted by Crippen LogP contribution is 2.25. The summed E-state index contributed by atoms with van der Waals surface area (Å²) in [5, 5.41) is 2.83. The second-order valence-electron chi connectivity index (χ2n) is 7.27. The van der Waals surface area contributed by atoms with Crippen LogP contribution in [0.5, 0.6) is 0 Å². The number of carbonyl (C=O) groups excluding carboxylic acids is 2. The highest BCUT2D eigenvalue weighted by Gasteiger charge is 2.27. The predicted molar refractivity (Wildman–Crippen MR) is 119 cm³/mol. The summed E-state index contributed by atoms with van der Waals surface area (Å²) < 4.78 is 0. The first kappa shape index (κ1) is 20.2. The molecule has 0 fully saturated rings. The van der Waals surface area contributed by atoms with Crippen molar-refractivity contribution in [2.75, 3.05) is 0 Å². The van der Waals surface area contributed by atoms with Crippen molar-refractivity contribution in [2.24, 2.45) is 5.73 Å². The van der Waals surface area contributed by atoms with Crippen LogP contribution >= 0.6 is 0 Å². The van der Waals surface area contributed by atoms with Gasteiger partial charge in [0.1, 0.15) is 6.04 Å². The molecule has 6 heteroatoms. The number of primary amides is 1. The highest BCUT2D eigenvalue weighted by molar-refractivity contribution is 5.92. The van der Waals surface area contributed by atoms with Crippen LogP contribution in [0.25, 0.3) is 11.0 Å². The molecule has 0 aliphatic carbocycles. The Kier molecular flexibility index (Phi) is 5.98. The van der Waals surface area contributed by atoms with Crippen molar-refractivity contribution in [1.29, 1.82) is 0 Å². The first-order valence-electron chi connectivity index (χ1n) is 10.0. The summed E-state index contributed by atoms with van der Waals surface area (Å²) in [6.07, 6.45) is 1.77. The monoisotopic (exact) mass is 410 g/mol. The SMILES string of the molecule is NC(=O)[C@@H](Cc1cnc2ccccc2n1)NC(=O)C(c1ccccc1)c1ccccc1. The van der Waals surface area contributed by atoms with E-state index < -0.39 is 17.9 Å². The number of nitrogens with zero attached hydrogens (tertiary/aromatic N) is 2. The predicted octanol–water partition coefficient (Wildman–Crippen LogP) is 2.97. The third-order valence-corrected chi connectivity index (χ3v) is 5.10. The second-order valence-corrected chi connectivity index (χ2v) is 7.27. The van der Waals surface area contributed by atoms with E-state index in [0.717, 1.165) is 22.2 Å². The fourth-order valence-electron chi connectivity index (χ4n) is 3.57. The summed E-state index contributed by atoms with van der Waals surface area (Å²) in [5.41, 5.74) is 9.36. The number of hydrogen-bond donors (Lipinski definition) is 2. The Morgan fingerprint density at radius 1 is 0.806 bits per heavy atom. The van der Waals surface area contributed by atoms with E-state index in [2.05, 4.69) is 15.3 Å². The molecule has 4 rings (SSSR count). The number of nitrogens with one attached hydrogen (secondary N) is 1. The van der Waals surface area contributed by atoms with E-state index in [1.165, 1.54) is 0 Å². The molecule has 0 saturated heterocycles. The molecule has 6 nitrogen and oxygen atoms in total. The number of hydrogen-bond acceptors (Lipinski definition) is 4. The molecular weight excluding hydrogens is 388 g/mol. The molecule has 4 aromatic rings. The van der Waals surface area contributed by atoms with Crippen molar-refractivity contribution < 1.29 is 9.59 Å². The van der Waals surface area contributed by atoms with Gasteiger partial charge in [0.25, 0.3) is 0 Å². The molecule has 0 spiro atoms. The summed E-state index contributed by atoms with van der Waals surface area (Å²) >= 11 is 0. The van der Waals surface area contributed by atoms with E-state index in [4.69, 9.17) is 5.73 Å². The van der Waals surface area contributed by atoms with Crippen LogP contribution in [-0.4, -0.2) is 27.8 Å². The van der Waals surface area contributed by atoms with Crippen molar-refractivity contribution in [3.8, 4) is 0 Å². The molecule has 1 heterocycles. The molecule has 31 heavy (non-hydrogen) atoms. The molecule has 0 bridgehead atoms. The maximum Gasteiger partial charge on any atom is 0.240 e. The minimum absolute atomic E-state index is 0.162. The molecule has 3 N–H and O–H groups in total. The molecule has 0 saturated carbocycles. The van der Waals surface area contributed by atoms with Crippen molar-refractivity contribution in [3.05, 3.63) is 108 Å². The Labute approximate surface area is 180 Å². The van der Waals surface area contributed by atoms with Crippen molar-refractivity contribution in [2.45, 2.75) is 18.4 Å². The van der Waals surface area contributed by atoms with E-state index in [-0.39, 0.29) is 12.3 Å². The summed E-state index contributed by atoms with van der Waals surface area (Å²) in [6, 6.07) is 25.5. The van der Waals surface area contributed by atoms with Gasteiger partial charge in [0.15, 0.2) is 0 Å². The van der Waals surface area contributed by atoms with Crippen molar-refractivity contribution in [3.63, 3.8) is 0 Å². The molecule has 0 radical (unpaired) electrons. The van der Waals surface area contributed by atoms with Gasteiger partial charge in [-0.2, -0.15) is 0 Å². The van der Waals surface area contributed by atoms with Crippen LogP contribution in [0, 0.1) is 0 Å². The highest BCUT2D eigenvalue weighted by atomic mass is 16.2. The number of carbonyl (C=O) groups is 2. The third-order valence-electron chi connectivity index (χ3n) is 5.10. The Balaban J connectivity index is 1.59. The lowest BCUT2D eigenvalue weighted by Gasteiger charge is -2.21. The molecule has 1 aromatic heterocycles. The maximum atomic E-state index is 13.3. The quantitative estimate of drug-likeness (QED) is 0.489. The summed E-state index contributed by atoms with van der Waals surface area (Å²) in [7, 11) is 0. The standard InChI is InChI=1S/C25H22N4O2/c26-24(30)22(15-19-16-27-20-13-7-8-14-21(20)28-19)29-25(31)23(17-9-3-1-4-10-17)18-11-5-2-6-12-18/h1-14,16,22-23H,15H2,(H2,26,30)(H,29,31)/t22-/m1/s1. The average Bonchev–Trinajstić information content (AvgIpc) is 2.80. The third kappa shape index (κ3) is 4.75. The van der Waals surface area contributed by atoms with Crippen LogP contribution in [-0.2, 0) is 16.0 Å². The molecule has 0 aliphatic heterocycles. The van der Waals surface area contributed by atoms with E-state index in [1.54, 1.807) is 6.20 Å². The number of nitrogens with two attached hydrogens (primary N) is 1. The van der Waals surface area contributed by atoms with Crippen LogP contribution in [0.4, 0.5) is 0 Å². The number of rotatable bonds is 7. The van der Waals surface area contributed by atoms with Crippen LogP contribution in [0.2, 0.25) is 0 Å². The minimum atomic E-state index is -0.905. The number of fused-ring (bicyclic) bond motifs is 1. The number of aromatic nitrogens is 2. The van der Waals surface area contributed by atoms with Crippen molar-refractivity contribution >= 4 is 22.8 Å². The maximum absolute atomic E-state index is 13.3. The Morgan fingerprint density at radius 2 is 1.35 bits per heavy atom. The topological polar surface area (TPSA) is 98.0 Å². The summed E-state index contributed by atoms with van der Waals surface area (Å²) in [5.74, 6) is -1.48. The van der Waals surface area contributed by atoms with Gasteiger partial charge < -0.3 is 11.1 Å². The number of para-hydroxylation sites is 2. The molecule has 154 valence electrons. The summed E-state index contributed by atoms with van der Waals surface area (Å²) in [4.78, 5) is 34.4. The molecular formula is C25H22N4O2. The lowest BCUT2D eigenvalue weighted by molar-refractivity contribution is -0.127. The van der Waals surface area contributed by atoms with Gasteiger partial charge >= 0.3 is 0 Å². The Hall–Kier alpha value is -4.06. The lowest BCUT2D eigenvalue weighted by Crippen LogP contribution is -2.47. The molecule has 0 unspecified atom stereocenters. The van der Waals surface area contributed by atoms with Gasteiger partial charge in [-0.05, 0) is 23.3 Å². The Morgan fingerprint density at radius 3 is 1.94 bits per heavy atom. The van der Waals surface area contributed by atoms with Crippen LogP contribution < -0.4 is 11.1 Å². The first-order chi connectivity index (χ1) is 15.1. The average molecular weight is 410 g/mol. The molecule has 1 atom stereocenters. The molecule has 3 aromatic carbocycles. The largest absolute Gasteiger partial charge is 0.368 e. The van der Waals surface area contributed by atoms with Crippen LogP contribution in [0.15, 0.2) is 91.1 Å².